The molecule has 0 radical (unpaired) electrons. The van der Waals surface area contributed by atoms with Crippen LogP contribution in [0.25, 0.3) is 0 Å². The van der Waals surface area contributed by atoms with Gasteiger partial charge in [0.25, 0.3) is 6.29 Å². The molecule has 2 fully saturated rings. The van der Waals surface area contributed by atoms with Crippen molar-refractivity contribution in [3.63, 3.8) is 0 Å². The number of ether oxygens (including phenoxy) is 4. The Balaban J connectivity index is 1.86. The van der Waals surface area contributed by atoms with Crippen molar-refractivity contribution in [1.82, 2.24) is 5.32 Å². The molecule has 8 heteroatoms. The summed E-state index contributed by atoms with van der Waals surface area (Å²) in [7, 11) is 1.44. The van der Waals surface area contributed by atoms with E-state index >= 15 is 0 Å². The molecule has 3 aliphatic rings. The lowest BCUT2D eigenvalue weighted by molar-refractivity contribution is -0.155. The van der Waals surface area contributed by atoms with E-state index in [1.165, 1.54) is 13.3 Å². The topological polar surface area (TPSA) is 107 Å². The monoisotopic (exact) mass is 313 g/mol. The van der Waals surface area contributed by atoms with Crippen LogP contribution in [-0.2, 0) is 23.7 Å². The number of fused-ring (bicyclic) bond motifs is 3. The van der Waals surface area contributed by atoms with E-state index in [9.17, 15) is 14.7 Å². The Hall–Kier alpha value is -1.80. The molecule has 1 amide bonds. The molecule has 22 heavy (non-hydrogen) atoms. The zero-order chi connectivity index (χ0) is 15.9. The van der Waals surface area contributed by atoms with Crippen LogP contribution in [0.3, 0.4) is 0 Å². The number of rotatable bonds is 4. The van der Waals surface area contributed by atoms with Crippen molar-refractivity contribution in [2.45, 2.75) is 31.3 Å². The van der Waals surface area contributed by atoms with Gasteiger partial charge in [-0.25, -0.2) is 9.59 Å². The Kier molecular flexibility index (Phi) is 3.73. The van der Waals surface area contributed by atoms with Crippen LogP contribution in [0.4, 0.5) is 4.79 Å². The minimum Gasteiger partial charge on any atom is -0.463 e. The van der Waals surface area contributed by atoms with E-state index in [0.29, 0.717) is 12.0 Å². The molecule has 2 aliphatic heterocycles. The molecule has 1 saturated heterocycles. The molecule has 8 nitrogen and oxygen atoms in total. The molecule has 0 spiro atoms. The third-order valence-electron chi connectivity index (χ3n) is 4.52. The number of esters is 1. The fourth-order valence-electron chi connectivity index (χ4n) is 3.47. The van der Waals surface area contributed by atoms with Crippen LogP contribution < -0.4 is 5.32 Å². The van der Waals surface area contributed by atoms with E-state index < -0.39 is 29.9 Å². The fraction of sp³-hybridized carbons (Fsp3) is 0.714. The summed E-state index contributed by atoms with van der Waals surface area (Å²) in [5.41, 5.74) is -0.415. The third kappa shape index (κ3) is 2.14. The maximum Gasteiger partial charge on any atom is 0.409 e. The van der Waals surface area contributed by atoms with Gasteiger partial charge in [-0.2, -0.15) is 0 Å². The van der Waals surface area contributed by atoms with Crippen molar-refractivity contribution in [2.24, 2.45) is 11.8 Å². The Morgan fingerprint density at radius 3 is 2.95 bits per heavy atom. The highest BCUT2D eigenvalue weighted by Gasteiger charge is 2.73. The predicted octanol–water partition coefficient (Wildman–Crippen LogP) is -0.0883. The van der Waals surface area contributed by atoms with Gasteiger partial charge in [0.2, 0.25) is 0 Å². The number of aliphatic hydroxyl groups excluding tert-OH is 1. The Morgan fingerprint density at radius 2 is 2.32 bits per heavy atom. The molecule has 1 saturated carbocycles. The maximum atomic E-state index is 12.0. The van der Waals surface area contributed by atoms with E-state index in [2.05, 4.69) is 5.32 Å². The molecule has 0 aromatic rings. The number of hydrogen-bond acceptors (Lipinski definition) is 7. The first-order valence-electron chi connectivity index (χ1n) is 7.27. The van der Waals surface area contributed by atoms with E-state index in [1.807, 2.05) is 0 Å². The second kappa shape index (κ2) is 5.44. The van der Waals surface area contributed by atoms with Crippen molar-refractivity contribution in [2.75, 3.05) is 20.3 Å². The van der Waals surface area contributed by atoms with Gasteiger partial charge in [-0.3, -0.25) is 0 Å². The Morgan fingerprint density at radius 1 is 1.55 bits per heavy atom. The number of amides is 1. The lowest BCUT2D eigenvalue weighted by Gasteiger charge is -2.36. The predicted molar refractivity (Wildman–Crippen MR) is 71.4 cm³/mol. The number of alkyl carbamates (subject to hydrolysis) is 1. The average Bonchev–Trinajstić information content (AvgIpc) is 3.12. The van der Waals surface area contributed by atoms with Crippen LogP contribution in [0.5, 0.6) is 0 Å². The molecule has 1 aliphatic carbocycles. The fourth-order valence-corrected chi connectivity index (χ4v) is 3.47. The number of aliphatic hydroxyl groups is 1. The van der Waals surface area contributed by atoms with Gasteiger partial charge in [-0.15, -0.1) is 0 Å². The number of epoxide rings is 1. The van der Waals surface area contributed by atoms with Gasteiger partial charge < -0.3 is 29.4 Å². The average molecular weight is 313 g/mol. The number of hydrogen-bond donors (Lipinski definition) is 2. The number of carbonyl (C=O) groups is 2. The first-order valence-corrected chi connectivity index (χ1v) is 7.27. The summed E-state index contributed by atoms with van der Waals surface area (Å²) in [6, 6.07) is 0. The van der Waals surface area contributed by atoms with Gasteiger partial charge in [0.1, 0.15) is 5.60 Å². The number of nitrogens with one attached hydrogen (secondary N) is 1. The molecular weight excluding hydrogens is 294 g/mol. The Bertz CT molecular complexity index is 515. The molecule has 0 bridgehead atoms. The van der Waals surface area contributed by atoms with E-state index in [-0.39, 0.29) is 25.2 Å². The zero-order valence-corrected chi connectivity index (χ0v) is 12.4. The van der Waals surface area contributed by atoms with Crippen LogP contribution in [-0.4, -0.2) is 55.4 Å². The van der Waals surface area contributed by atoms with Crippen LogP contribution in [0, 0.1) is 11.8 Å². The second-order valence-electron chi connectivity index (χ2n) is 5.54. The van der Waals surface area contributed by atoms with Crippen molar-refractivity contribution in [3.05, 3.63) is 11.8 Å². The first-order chi connectivity index (χ1) is 10.6. The van der Waals surface area contributed by atoms with Gasteiger partial charge in [0, 0.05) is 13.0 Å². The third-order valence-corrected chi connectivity index (χ3v) is 4.52. The standard InChI is InChI=1S/C14H19NO7/c1-3-19-11(17)8-5-20-12(21-13(18)15-2)10-7(8)4-9-14(10,6-16)22-9/h5,7,9-10,12,16H,3-4,6H2,1-2H3,(H,15,18). The normalized spacial score (nSPS) is 38.0. The molecular formula is C14H19NO7. The lowest BCUT2D eigenvalue weighted by atomic mass is 9.81. The van der Waals surface area contributed by atoms with Crippen LogP contribution in [0.2, 0.25) is 0 Å². The maximum absolute atomic E-state index is 12.0. The molecule has 2 N–H and O–H groups in total. The van der Waals surface area contributed by atoms with E-state index in [1.54, 1.807) is 6.92 Å². The summed E-state index contributed by atoms with van der Waals surface area (Å²) in [5, 5.41) is 12.0. The highest BCUT2D eigenvalue weighted by molar-refractivity contribution is 5.89. The summed E-state index contributed by atoms with van der Waals surface area (Å²) in [4.78, 5) is 23.5. The van der Waals surface area contributed by atoms with Gasteiger partial charge in [0.05, 0.1) is 37.1 Å². The molecule has 2 heterocycles. The van der Waals surface area contributed by atoms with Crippen LogP contribution in [0.1, 0.15) is 13.3 Å². The van der Waals surface area contributed by atoms with Gasteiger partial charge >= 0.3 is 12.1 Å². The summed E-state index contributed by atoms with van der Waals surface area (Å²) in [5.74, 6) is -1.12. The quantitative estimate of drug-likeness (QED) is 0.552. The summed E-state index contributed by atoms with van der Waals surface area (Å²) < 4.78 is 21.2. The van der Waals surface area contributed by atoms with E-state index in [0.717, 1.165) is 0 Å². The molecule has 5 unspecified atom stereocenters. The molecule has 3 rings (SSSR count). The van der Waals surface area contributed by atoms with E-state index in [4.69, 9.17) is 18.9 Å². The Labute approximate surface area is 127 Å². The highest BCUT2D eigenvalue weighted by atomic mass is 16.7. The second-order valence-corrected chi connectivity index (χ2v) is 5.54. The SMILES string of the molecule is CCOC(=O)C1=COC(OC(=O)NC)C2C1CC1OC12CO. The summed E-state index contributed by atoms with van der Waals surface area (Å²) in [6.07, 6.45) is 0.134. The summed E-state index contributed by atoms with van der Waals surface area (Å²) >= 11 is 0. The van der Waals surface area contributed by atoms with Crippen molar-refractivity contribution >= 4 is 12.1 Å². The molecule has 5 atom stereocenters. The number of carbonyl (C=O) groups excluding carboxylic acids is 2. The molecule has 122 valence electrons. The highest BCUT2D eigenvalue weighted by Crippen LogP contribution is 2.61. The largest absolute Gasteiger partial charge is 0.463 e. The van der Waals surface area contributed by atoms with Crippen molar-refractivity contribution in [1.29, 1.82) is 0 Å². The summed E-state index contributed by atoms with van der Waals surface area (Å²) in [6.45, 7) is 1.77. The van der Waals surface area contributed by atoms with Crippen molar-refractivity contribution in [3.8, 4) is 0 Å². The molecule has 0 aromatic heterocycles. The lowest BCUT2D eigenvalue weighted by Crippen LogP contribution is -2.46. The minimum absolute atomic E-state index is 0.164. The van der Waals surface area contributed by atoms with Crippen molar-refractivity contribution < 1.29 is 33.6 Å². The minimum atomic E-state index is -0.914. The molecule has 0 aromatic carbocycles. The zero-order valence-electron chi connectivity index (χ0n) is 12.4. The van der Waals surface area contributed by atoms with Gasteiger partial charge in [-0.1, -0.05) is 0 Å². The first kappa shape index (κ1) is 15.1. The van der Waals surface area contributed by atoms with Gasteiger partial charge in [0.15, 0.2) is 0 Å². The smallest absolute Gasteiger partial charge is 0.409 e. The van der Waals surface area contributed by atoms with Crippen LogP contribution >= 0.6 is 0 Å². The van der Waals surface area contributed by atoms with Gasteiger partial charge in [-0.05, 0) is 13.3 Å². The van der Waals surface area contributed by atoms with Crippen LogP contribution in [0.15, 0.2) is 11.8 Å².